The molecule has 1 aromatic rings. The fourth-order valence-corrected chi connectivity index (χ4v) is 1.49. The summed E-state index contributed by atoms with van der Waals surface area (Å²) in [7, 11) is 0. The second-order valence-corrected chi connectivity index (χ2v) is 5.83. The molecule has 1 aromatic carbocycles. The molecule has 4 N–H and O–H groups in total. The van der Waals surface area contributed by atoms with Crippen LogP contribution in [-0.2, 0) is 0 Å². The number of halogens is 1. The van der Waals surface area contributed by atoms with Crippen molar-refractivity contribution in [3.05, 3.63) is 28.8 Å². The Bertz CT molecular complexity index is 440. The molecule has 0 aliphatic carbocycles. The number of nitrogens with two attached hydrogens (primary N) is 1. The van der Waals surface area contributed by atoms with Gasteiger partial charge in [-0.1, -0.05) is 32.4 Å². The summed E-state index contributed by atoms with van der Waals surface area (Å²) in [5.41, 5.74) is 3.49. The monoisotopic (exact) mass is 269 g/mol. The maximum Gasteiger partial charge on any atom is 0.253 e. The van der Waals surface area contributed by atoms with Gasteiger partial charge in [-0.25, -0.2) is 0 Å². The molecule has 0 aliphatic rings. The van der Waals surface area contributed by atoms with Crippen LogP contribution in [0.3, 0.4) is 0 Å². The molecule has 4 nitrogen and oxygen atoms in total. The number of carbonyl (C=O) groups is 1. The lowest BCUT2D eigenvalue weighted by Gasteiger charge is -2.28. The van der Waals surface area contributed by atoms with E-state index in [0.717, 1.165) is 0 Å². The molecule has 0 spiro atoms. The van der Waals surface area contributed by atoms with Gasteiger partial charge >= 0.3 is 0 Å². The number of anilines is 1. The van der Waals surface area contributed by atoms with E-state index in [9.17, 15) is 4.79 Å². The van der Waals surface area contributed by atoms with Gasteiger partial charge in [0.15, 0.2) is 0 Å². The Morgan fingerprint density at radius 3 is 2.50 bits per heavy atom. The Hall–Kier alpha value is -1.26. The summed E-state index contributed by atoms with van der Waals surface area (Å²) in [5, 5.41) is 3.45. The molecule has 0 fully saturated rings. The molecule has 100 valence electrons. The molecule has 18 heavy (non-hydrogen) atoms. The van der Waals surface area contributed by atoms with Gasteiger partial charge in [0, 0.05) is 11.1 Å². The van der Waals surface area contributed by atoms with Crippen LogP contribution in [0, 0.1) is 5.41 Å². The van der Waals surface area contributed by atoms with Gasteiger partial charge in [0.1, 0.15) is 0 Å². The van der Waals surface area contributed by atoms with E-state index in [1.807, 2.05) is 6.92 Å². The second kappa shape index (κ2) is 5.59. The predicted octanol–water partition coefficient (Wildman–Crippen LogP) is 2.79. The first-order valence-electron chi connectivity index (χ1n) is 5.82. The molecule has 0 bridgehead atoms. The maximum atomic E-state index is 12.2. The molecule has 1 rings (SSSR count). The van der Waals surface area contributed by atoms with Crippen LogP contribution >= 0.6 is 11.6 Å². The fraction of sp³-hybridized carbons (Fsp3) is 0.462. The third-order valence-corrected chi connectivity index (χ3v) is 3.26. The van der Waals surface area contributed by atoms with Gasteiger partial charge in [0.25, 0.3) is 5.91 Å². The Labute approximate surface area is 113 Å². The SMILES string of the molecule is CC(NC(=O)c1cc(Cl)ccc1NN)C(C)(C)C. The minimum Gasteiger partial charge on any atom is -0.349 e. The molecule has 0 saturated heterocycles. The van der Waals surface area contributed by atoms with Crippen LogP contribution in [0.25, 0.3) is 0 Å². The normalized spacial score (nSPS) is 13.0. The summed E-state index contributed by atoms with van der Waals surface area (Å²) in [6.07, 6.45) is 0. The molecule has 1 amide bonds. The summed E-state index contributed by atoms with van der Waals surface area (Å²) >= 11 is 5.90. The Balaban J connectivity index is 2.94. The molecule has 0 radical (unpaired) electrons. The summed E-state index contributed by atoms with van der Waals surface area (Å²) in [6, 6.07) is 5.00. The van der Waals surface area contributed by atoms with Crippen molar-refractivity contribution in [2.45, 2.75) is 33.7 Å². The lowest BCUT2D eigenvalue weighted by Crippen LogP contribution is -2.41. The number of nitrogen functional groups attached to an aromatic ring is 1. The highest BCUT2D eigenvalue weighted by molar-refractivity contribution is 6.31. The zero-order valence-electron chi connectivity index (χ0n) is 11.2. The molecule has 0 aromatic heterocycles. The number of benzene rings is 1. The summed E-state index contributed by atoms with van der Waals surface area (Å²) in [5.74, 6) is 5.19. The quantitative estimate of drug-likeness (QED) is 0.584. The lowest BCUT2D eigenvalue weighted by atomic mass is 9.88. The first kappa shape index (κ1) is 14.8. The van der Waals surface area contributed by atoms with Crippen molar-refractivity contribution in [2.75, 3.05) is 5.43 Å². The number of hydrogen-bond acceptors (Lipinski definition) is 3. The van der Waals surface area contributed by atoms with E-state index in [1.54, 1.807) is 18.2 Å². The standard InChI is InChI=1S/C13H20ClN3O/c1-8(13(2,3)4)16-12(18)10-7-9(14)5-6-11(10)17-15/h5-8,17H,15H2,1-4H3,(H,16,18). The summed E-state index contributed by atoms with van der Waals surface area (Å²) in [4.78, 5) is 12.2. The minimum absolute atomic E-state index is 0.00938. The van der Waals surface area contributed by atoms with E-state index < -0.39 is 0 Å². The number of carbonyl (C=O) groups excluding carboxylic acids is 1. The van der Waals surface area contributed by atoms with Gasteiger partial charge in [-0.2, -0.15) is 0 Å². The largest absolute Gasteiger partial charge is 0.349 e. The third-order valence-electron chi connectivity index (χ3n) is 3.03. The van der Waals surface area contributed by atoms with Crippen LogP contribution < -0.4 is 16.6 Å². The number of rotatable bonds is 3. The Morgan fingerprint density at radius 2 is 2.00 bits per heavy atom. The molecule has 1 unspecified atom stereocenters. The second-order valence-electron chi connectivity index (χ2n) is 5.40. The van der Waals surface area contributed by atoms with Crippen molar-refractivity contribution in [2.24, 2.45) is 11.3 Å². The minimum atomic E-state index is -0.187. The highest BCUT2D eigenvalue weighted by Gasteiger charge is 2.23. The first-order valence-corrected chi connectivity index (χ1v) is 6.20. The molecule has 0 heterocycles. The van der Waals surface area contributed by atoms with Crippen molar-refractivity contribution >= 4 is 23.2 Å². The average molecular weight is 270 g/mol. The van der Waals surface area contributed by atoms with Crippen molar-refractivity contribution in [1.29, 1.82) is 0 Å². The molecule has 5 heteroatoms. The van der Waals surface area contributed by atoms with Gasteiger partial charge < -0.3 is 10.7 Å². The van der Waals surface area contributed by atoms with Crippen LogP contribution in [0.1, 0.15) is 38.1 Å². The van der Waals surface area contributed by atoms with E-state index in [2.05, 4.69) is 31.5 Å². The highest BCUT2D eigenvalue weighted by atomic mass is 35.5. The maximum absolute atomic E-state index is 12.2. The van der Waals surface area contributed by atoms with Crippen molar-refractivity contribution in [1.82, 2.24) is 5.32 Å². The van der Waals surface area contributed by atoms with Crippen LogP contribution in [0.5, 0.6) is 0 Å². The smallest absolute Gasteiger partial charge is 0.253 e. The van der Waals surface area contributed by atoms with Crippen LogP contribution in [0.15, 0.2) is 18.2 Å². The third kappa shape index (κ3) is 3.62. The molecule has 0 saturated carbocycles. The number of nitrogens with one attached hydrogen (secondary N) is 2. The lowest BCUT2D eigenvalue weighted by molar-refractivity contribution is 0.0911. The predicted molar refractivity (Wildman–Crippen MR) is 75.6 cm³/mol. The number of hydrogen-bond donors (Lipinski definition) is 3. The summed E-state index contributed by atoms with van der Waals surface area (Å²) < 4.78 is 0. The van der Waals surface area contributed by atoms with E-state index in [0.29, 0.717) is 16.3 Å². The molecule has 0 aliphatic heterocycles. The van der Waals surface area contributed by atoms with E-state index in [4.69, 9.17) is 17.4 Å². The topological polar surface area (TPSA) is 67.2 Å². The fourth-order valence-electron chi connectivity index (χ4n) is 1.32. The van der Waals surface area contributed by atoms with Gasteiger partial charge in [-0.05, 0) is 30.5 Å². The van der Waals surface area contributed by atoms with Gasteiger partial charge in [0.2, 0.25) is 0 Å². The molecule has 1 atom stereocenters. The van der Waals surface area contributed by atoms with E-state index in [-0.39, 0.29) is 17.4 Å². The number of amides is 1. The zero-order chi connectivity index (χ0) is 13.9. The van der Waals surface area contributed by atoms with Crippen LogP contribution in [-0.4, -0.2) is 11.9 Å². The highest BCUT2D eigenvalue weighted by Crippen LogP contribution is 2.22. The van der Waals surface area contributed by atoms with E-state index >= 15 is 0 Å². The van der Waals surface area contributed by atoms with Gasteiger partial charge in [0.05, 0.1) is 11.3 Å². The van der Waals surface area contributed by atoms with Crippen molar-refractivity contribution in [3.8, 4) is 0 Å². The Morgan fingerprint density at radius 1 is 1.39 bits per heavy atom. The van der Waals surface area contributed by atoms with Gasteiger partial charge in [-0.3, -0.25) is 10.6 Å². The first-order chi connectivity index (χ1) is 8.25. The molecular weight excluding hydrogens is 250 g/mol. The average Bonchev–Trinajstić information content (AvgIpc) is 2.27. The van der Waals surface area contributed by atoms with Crippen molar-refractivity contribution < 1.29 is 4.79 Å². The van der Waals surface area contributed by atoms with Crippen LogP contribution in [0.4, 0.5) is 5.69 Å². The van der Waals surface area contributed by atoms with E-state index in [1.165, 1.54) is 0 Å². The number of hydrazine groups is 1. The van der Waals surface area contributed by atoms with Crippen LogP contribution in [0.2, 0.25) is 5.02 Å². The zero-order valence-corrected chi connectivity index (χ0v) is 11.9. The molecular formula is C13H20ClN3O. The van der Waals surface area contributed by atoms with Gasteiger partial charge in [-0.15, -0.1) is 0 Å². The summed E-state index contributed by atoms with van der Waals surface area (Å²) in [6.45, 7) is 8.17. The van der Waals surface area contributed by atoms with Crippen molar-refractivity contribution in [3.63, 3.8) is 0 Å². The Kier molecular flexibility index (Phi) is 4.59.